The highest BCUT2D eigenvalue weighted by Crippen LogP contribution is 2.05. The number of aromatic nitrogens is 3. The number of nitrogens with zero attached hydrogens (tertiary/aromatic N) is 2. The molecule has 1 heterocycles. The van der Waals surface area contributed by atoms with Crippen molar-refractivity contribution in [3.8, 4) is 0 Å². The van der Waals surface area contributed by atoms with Gasteiger partial charge in [0.2, 0.25) is 0 Å². The van der Waals surface area contributed by atoms with Crippen molar-refractivity contribution in [3.63, 3.8) is 0 Å². The normalized spacial score (nSPS) is 11.0. The van der Waals surface area contributed by atoms with Crippen molar-refractivity contribution in [2.24, 2.45) is 0 Å². The minimum Gasteiger partial charge on any atom is -0.271 e. The van der Waals surface area contributed by atoms with Crippen LogP contribution in [-0.4, -0.2) is 14.8 Å². The van der Waals surface area contributed by atoms with Crippen LogP contribution in [-0.2, 0) is 13.0 Å². The number of nitrogens with one attached hydrogen (secondary N) is 1. The van der Waals surface area contributed by atoms with Crippen LogP contribution in [0.15, 0.2) is 9.59 Å². The van der Waals surface area contributed by atoms with E-state index in [0.29, 0.717) is 18.7 Å². The van der Waals surface area contributed by atoms with E-state index >= 15 is 0 Å². The van der Waals surface area contributed by atoms with Crippen LogP contribution in [0.1, 0.15) is 83.7 Å². The average Bonchev–Trinajstić information content (AvgIpc) is 2.50. The van der Waals surface area contributed by atoms with Gasteiger partial charge in [0.15, 0.2) is 0 Å². The van der Waals surface area contributed by atoms with Gasteiger partial charge in [-0.3, -0.25) is 9.78 Å². The Hall–Kier alpha value is -1.39. The fraction of sp³-hybridized carbons (Fsp3) is 0.824. The lowest BCUT2D eigenvalue weighted by atomic mass is 10.1. The van der Waals surface area contributed by atoms with Gasteiger partial charge in [-0.2, -0.15) is 5.10 Å². The number of aromatic amines is 1. The summed E-state index contributed by atoms with van der Waals surface area (Å²) >= 11 is 0. The van der Waals surface area contributed by atoms with E-state index in [2.05, 4.69) is 23.9 Å². The Bertz CT molecular complexity index is 476. The third-order valence-electron chi connectivity index (χ3n) is 3.95. The SMILES string of the molecule is CCCCCCCc1nn(CCCCCCC)c(=O)[nH]c1=O. The van der Waals surface area contributed by atoms with E-state index in [1.165, 1.54) is 43.2 Å². The first-order chi connectivity index (χ1) is 10.7. The van der Waals surface area contributed by atoms with Crippen LogP contribution in [0.5, 0.6) is 0 Å². The number of aryl methyl sites for hydroxylation is 2. The summed E-state index contributed by atoms with van der Waals surface area (Å²) < 4.78 is 1.43. The molecule has 0 saturated heterocycles. The van der Waals surface area contributed by atoms with Crippen molar-refractivity contribution in [1.82, 2.24) is 14.8 Å². The van der Waals surface area contributed by atoms with Gasteiger partial charge in [-0.1, -0.05) is 65.2 Å². The largest absolute Gasteiger partial charge is 0.344 e. The number of rotatable bonds is 12. The van der Waals surface area contributed by atoms with Crippen LogP contribution in [0.4, 0.5) is 0 Å². The number of unbranched alkanes of at least 4 members (excludes halogenated alkanes) is 8. The smallest absolute Gasteiger partial charge is 0.271 e. The van der Waals surface area contributed by atoms with Gasteiger partial charge in [0.1, 0.15) is 5.69 Å². The van der Waals surface area contributed by atoms with E-state index in [0.717, 1.165) is 25.7 Å². The van der Waals surface area contributed by atoms with Crippen molar-refractivity contribution in [2.45, 2.75) is 91.0 Å². The van der Waals surface area contributed by atoms with Crippen LogP contribution >= 0.6 is 0 Å². The maximum Gasteiger partial charge on any atom is 0.344 e. The van der Waals surface area contributed by atoms with E-state index in [-0.39, 0.29) is 11.2 Å². The minimum atomic E-state index is -0.379. The lowest BCUT2D eigenvalue weighted by Gasteiger charge is -2.06. The molecule has 0 fully saturated rings. The van der Waals surface area contributed by atoms with Gasteiger partial charge >= 0.3 is 5.69 Å². The van der Waals surface area contributed by atoms with Crippen molar-refractivity contribution < 1.29 is 0 Å². The maximum absolute atomic E-state index is 11.8. The molecule has 0 aromatic carbocycles. The zero-order valence-electron chi connectivity index (χ0n) is 14.2. The van der Waals surface area contributed by atoms with Gasteiger partial charge in [-0.05, 0) is 19.3 Å². The Morgan fingerprint density at radius 1 is 0.864 bits per heavy atom. The third-order valence-corrected chi connectivity index (χ3v) is 3.95. The van der Waals surface area contributed by atoms with Crippen molar-refractivity contribution in [3.05, 3.63) is 26.5 Å². The molecule has 0 saturated carbocycles. The zero-order chi connectivity index (χ0) is 16.2. The first-order valence-electron chi connectivity index (χ1n) is 8.89. The summed E-state index contributed by atoms with van der Waals surface area (Å²) in [6, 6.07) is 0. The van der Waals surface area contributed by atoms with E-state index < -0.39 is 0 Å². The molecule has 5 nitrogen and oxygen atoms in total. The van der Waals surface area contributed by atoms with Crippen molar-refractivity contribution in [1.29, 1.82) is 0 Å². The lowest BCUT2D eigenvalue weighted by molar-refractivity contribution is 0.488. The number of H-pyrrole nitrogens is 1. The summed E-state index contributed by atoms with van der Waals surface area (Å²) in [5.41, 5.74) is -0.192. The van der Waals surface area contributed by atoms with Crippen LogP contribution in [0.3, 0.4) is 0 Å². The zero-order valence-corrected chi connectivity index (χ0v) is 14.2. The summed E-state index contributed by atoms with van der Waals surface area (Å²) in [5, 5.41) is 4.27. The Kier molecular flexibility index (Phi) is 9.51. The van der Waals surface area contributed by atoms with Crippen LogP contribution < -0.4 is 11.2 Å². The predicted molar refractivity (Wildman–Crippen MR) is 90.3 cm³/mol. The second-order valence-corrected chi connectivity index (χ2v) is 6.01. The second-order valence-electron chi connectivity index (χ2n) is 6.01. The molecule has 5 heteroatoms. The van der Waals surface area contributed by atoms with Gasteiger partial charge in [-0.15, -0.1) is 0 Å². The highest BCUT2D eigenvalue weighted by atomic mass is 16.2. The Morgan fingerprint density at radius 2 is 1.45 bits per heavy atom. The fourth-order valence-electron chi connectivity index (χ4n) is 2.55. The molecule has 1 N–H and O–H groups in total. The van der Waals surface area contributed by atoms with Gasteiger partial charge in [-0.25, -0.2) is 9.48 Å². The van der Waals surface area contributed by atoms with Gasteiger partial charge in [0.05, 0.1) is 0 Å². The minimum absolute atomic E-state index is 0.317. The second kappa shape index (κ2) is 11.2. The predicted octanol–water partition coefficient (Wildman–Crippen LogP) is 3.41. The first kappa shape index (κ1) is 18.7. The molecule has 0 atom stereocenters. The molecule has 0 aliphatic carbocycles. The summed E-state index contributed by atoms with van der Waals surface area (Å²) in [7, 11) is 0. The van der Waals surface area contributed by atoms with Crippen molar-refractivity contribution in [2.75, 3.05) is 0 Å². The molecule has 0 amide bonds. The summed E-state index contributed by atoms with van der Waals surface area (Å²) in [4.78, 5) is 26.0. The highest BCUT2D eigenvalue weighted by molar-refractivity contribution is 4.93. The number of hydrogen-bond donors (Lipinski definition) is 1. The molecular weight excluding hydrogens is 278 g/mol. The summed E-state index contributed by atoms with van der Waals surface area (Å²) in [6.07, 6.45) is 12.1. The molecule has 0 unspecified atom stereocenters. The van der Waals surface area contributed by atoms with Crippen LogP contribution in [0.2, 0.25) is 0 Å². The molecule has 1 aromatic rings. The van der Waals surface area contributed by atoms with E-state index in [1.54, 1.807) is 0 Å². The highest BCUT2D eigenvalue weighted by Gasteiger charge is 2.06. The monoisotopic (exact) mass is 309 g/mol. The Morgan fingerprint density at radius 3 is 2.09 bits per heavy atom. The van der Waals surface area contributed by atoms with Crippen LogP contribution in [0, 0.1) is 0 Å². The van der Waals surface area contributed by atoms with E-state index in [9.17, 15) is 9.59 Å². The maximum atomic E-state index is 11.8. The standard InChI is InChI=1S/C17H31N3O2/c1-3-5-7-9-11-13-15-16(21)18-17(22)20(19-15)14-12-10-8-6-4-2/h3-14H2,1-2H3,(H,18,21,22). The van der Waals surface area contributed by atoms with E-state index in [4.69, 9.17) is 0 Å². The molecule has 1 aromatic heterocycles. The molecule has 0 aliphatic heterocycles. The summed E-state index contributed by atoms with van der Waals surface area (Å²) in [5.74, 6) is 0. The molecule has 1 rings (SSSR count). The van der Waals surface area contributed by atoms with Gasteiger partial charge in [0, 0.05) is 6.54 Å². The Balaban J connectivity index is 2.50. The molecule has 0 bridgehead atoms. The Labute approximate surface area is 133 Å². The van der Waals surface area contributed by atoms with Gasteiger partial charge in [0.25, 0.3) is 5.56 Å². The summed E-state index contributed by atoms with van der Waals surface area (Å²) in [6.45, 7) is 4.96. The molecule has 0 aliphatic rings. The first-order valence-corrected chi connectivity index (χ1v) is 8.89. The fourth-order valence-corrected chi connectivity index (χ4v) is 2.55. The molecule has 0 radical (unpaired) electrons. The number of hydrogen-bond acceptors (Lipinski definition) is 3. The topological polar surface area (TPSA) is 67.8 Å². The quantitative estimate of drug-likeness (QED) is 0.602. The third kappa shape index (κ3) is 7.05. The van der Waals surface area contributed by atoms with Crippen molar-refractivity contribution >= 4 is 0 Å². The average molecular weight is 309 g/mol. The molecular formula is C17H31N3O2. The lowest BCUT2D eigenvalue weighted by Crippen LogP contribution is -2.35. The van der Waals surface area contributed by atoms with E-state index in [1.807, 2.05) is 0 Å². The molecule has 22 heavy (non-hydrogen) atoms. The van der Waals surface area contributed by atoms with Gasteiger partial charge < -0.3 is 0 Å². The molecule has 0 spiro atoms. The van der Waals surface area contributed by atoms with Crippen LogP contribution in [0.25, 0.3) is 0 Å². The molecule has 126 valence electrons.